The van der Waals surface area contributed by atoms with Gasteiger partial charge in [0, 0.05) is 19.4 Å². The molecule has 7 heteroatoms. The summed E-state index contributed by atoms with van der Waals surface area (Å²) in [6, 6.07) is 7.62. The number of hydrogen-bond acceptors (Lipinski definition) is 4. The van der Waals surface area contributed by atoms with Gasteiger partial charge in [0.05, 0.1) is 0 Å². The van der Waals surface area contributed by atoms with Crippen LogP contribution in [0.1, 0.15) is 0 Å². The minimum atomic E-state index is -3.90. The predicted octanol–water partition coefficient (Wildman–Crippen LogP) is 0.595. The van der Waals surface area contributed by atoms with Crippen molar-refractivity contribution < 1.29 is 8.42 Å². The summed E-state index contributed by atoms with van der Waals surface area (Å²) in [5.41, 5.74) is -0.653. The third-order valence-corrected chi connectivity index (χ3v) is 4.18. The van der Waals surface area contributed by atoms with Gasteiger partial charge in [0.15, 0.2) is 4.90 Å². The van der Waals surface area contributed by atoms with Crippen LogP contribution in [-0.2, 0) is 10.0 Å². The van der Waals surface area contributed by atoms with Crippen molar-refractivity contribution >= 4 is 15.8 Å². The first-order chi connectivity index (χ1) is 8.53. The number of nitrogens with one attached hydrogen (secondary N) is 1. The molecule has 6 nitrogen and oxygen atoms in total. The van der Waals surface area contributed by atoms with Gasteiger partial charge in [-0.25, -0.2) is 13.4 Å². The van der Waals surface area contributed by atoms with Gasteiger partial charge in [-0.15, -0.1) is 0 Å². The van der Waals surface area contributed by atoms with Crippen LogP contribution in [0.15, 0.2) is 52.4 Å². The van der Waals surface area contributed by atoms with E-state index in [9.17, 15) is 13.2 Å². The van der Waals surface area contributed by atoms with Gasteiger partial charge < -0.3 is 4.98 Å². The minimum Gasteiger partial charge on any atom is -0.328 e. The predicted molar refractivity (Wildman–Crippen MR) is 66.9 cm³/mol. The normalized spacial score (nSPS) is 11.2. The van der Waals surface area contributed by atoms with E-state index in [2.05, 4.69) is 9.97 Å². The average molecular weight is 265 g/mol. The fourth-order valence-electron chi connectivity index (χ4n) is 1.42. The summed E-state index contributed by atoms with van der Waals surface area (Å²) in [6.45, 7) is 0. The number of sulfonamides is 1. The molecule has 0 saturated heterocycles. The van der Waals surface area contributed by atoms with Gasteiger partial charge in [0.25, 0.3) is 15.6 Å². The van der Waals surface area contributed by atoms with Crippen molar-refractivity contribution in [3.63, 3.8) is 0 Å². The van der Waals surface area contributed by atoms with Gasteiger partial charge in [0.2, 0.25) is 0 Å². The summed E-state index contributed by atoms with van der Waals surface area (Å²) >= 11 is 0. The monoisotopic (exact) mass is 265 g/mol. The number of rotatable bonds is 3. The van der Waals surface area contributed by atoms with E-state index >= 15 is 0 Å². The Hall–Kier alpha value is -2.15. The Morgan fingerprint density at radius 2 is 2.00 bits per heavy atom. The lowest BCUT2D eigenvalue weighted by Crippen LogP contribution is -2.31. The second kappa shape index (κ2) is 4.61. The summed E-state index contributed by atoms with van der Waals surface area (Å²) in [5.74, 6) is 0.251. The first-order valence-corrected chi connectivity index (χ1v) is 6.55. The molecule has 0 aliphatic heterocycles. The third-order valence-electron chi connectivity index (χ3n) is 2.39. The van der Waals surface area contributed by atoms with Gasteiger partial charge in [-0.3, -0.25) is 9.10 Å². The molecule has 0 bridgehead atoms. The zero-order valence-corrected chi connectivity index (χ0v) is 10.4. The topological polar surface area (TPSA) is 83.1 Å². The Kier molecular flexibility index (Phi) is 3.15. The molecule has 2 aromatic rings. The number of H-pyrrole nitrogens is 1. The summed E-state index contributed by atoms with van der Waals surface area (Å²) in [5, 5.41) is 0. The maximum atomic E-state index is 12.2. The van der Waals surface area contributed by atoms with Crippen molar-refractivity contribution in [2.24, 2.45) is 0 Å². The smallest absolute Gasteiger partial charge is 0.270 e. The van der Waals surface area contributed by atoms with Crippen LogP contribution in [0.3, 0.4) is 0 Å². The zero-order valence-electron chi connectivity index (χ0n) is 9.57. The molecule has 0 atom stereocenters. The Morgan fingerprint density at radius 3 is 2.61 bits per heavy atom. The van der Waals surface area contributed by atoms with Gasteiger partial charge in [-0.05, 0) is 24.3 Å². The molecule has 0 amide bonds. The van der Waals surface area contributed by atoms with Crippen LogP contribution in [0, 0.1) is 0 Å². The van der Waals surface area contributed by atoms with Crippen LogP contribution in [0.2, 0.25) is 0 Å². The molecule has 2 rings (SSSR count). The molecule has 18 heavy (non-hydrogen) atoms. The highest BCUT2D eigenvalue weighted by Gasteiger charge is 2.24. The lowest BCUT2D eigenvalue weighted by Gasteiger charge is -2.17. The van der Waals surface area contributed by atoms with Crippen molar-refractivity contribution in [1.82, 2.24) is 9.97 Å². The van der Waals surface area contributed by atoms with Crippen molar-refractivity contribution in [3.05, 3.63) is 53.1 Å². The molecule has 1 N–H and O–H groups in total. The largest absolute Gasteiger partial charge is 0.328 e. The van der Waals surface area contributed by atoms with Crippen LogP contribution in [0.4, 0.5) is 5.82 Å². The molecule has 0 aromatic carbocycles. The van der Waals surface area contributed by atoms with Crippen molar-refractivity contribution in [1.29, 1.82) is 0 Å². The van der Waals surface area contributed by atoms with Crippen LogP contribution < -0.4 is 9.86 Å². The molecular formula is C11H11N3O3S. The Labute approximate surface area is 104 Å². The molecule has 2 aromatic heterocycles. The third kappa shape index (κ3) is 2.12. The number of nitrogens with zero attached hydrogens (tertiary/aromatic N) is 2. The molecular weight excluding hydrogens is 254 g/mol. The standard InChI is InChI=1S/C11H11N3O3S/c1-14(10-6-2-3-7-12-10)18(16,17)9-5-4-8-13-11(9)15/h2-8H,1H3,(H,13,15). The summed E-state index contributed by atoms with van der Waals surface area (Å²) in [4.78, 5) is 17.5. The quantitative estimate of drug-likeness (QED) is 0.880. The molecule has 0 unspecified atom stereocenters. The number of aromatic amines is 1. The Morgan fingerprint density at radius 1 is 1.22 bits per heavy atom. The van der Waals surface area contributed by atoms with Crippen molar-refractivity contribution in [2.75, 3.05) is 11.4 Å². The molecule has 2 heterocycles. The highest BCUT2D eigenvalue weighted by molar-refractivity contribution is 7.92. The summed E-state index contributed by atoms with van der Waals surface area (Å²) in [6.07, 6.45) is 2.86. The second-order valence-corrected chi connectivity index (χ2v) is 5.46. The Bertz CT molecular complexity index is 695. The van der Waals surface area contributed by atoms with Gasteiger partial charge in [-0.2, -0.15) is 0 Å². The van der Waals surface area contributed by atoms with Gasteiger partial charge >= 0.3 is 0 Å². The highest BCUT2D eigenvalue weighted by atomic mass is 32.2. The zero-order chi connectivity index (χ0) is 13.2. The highest BCUT2D eigenvalue weighted by Crippen LogP contribution is 2.16. The van der Waals surface area contributed by atoms with Gasteiger partial charge in [-0.1, -0.05) is 6.07 Å². The van der Waals surface area contributed by atoms with Crippen LogP contribution in [0.5, 0.6) is 0 Å². The summed E-state index contributed by atoms with van der Waals surface area (Å²) in [7, 11) is -2.54. The fourth-order valence-corrected chi connectivity index (χ4v) is 2.61. The molecule has 0 aliphatic carbocycles. The lowest BCUT2D eigenvalue weighted by molar-refractivity contribution is 0.592. The van der Waals surface area contributed by atoms with E-state index < -0.39 is 15.6 Å². The maximum Gasteiger partial charge on any atom is 0.270 e. The fraction of sp³-hybridized carbons (Fsp3) is 0.0909. The van der Waals surface area contributed by atoms with Gasteiger partial charge in [0.1, 0.15) is 5.82 Å². The van der Waals surface area contributed by atoms with E-state index in [-0.39, 0.29) is 10.7 Å². The second-order valence-electron chi connectivity index (χ2n) is 3.52. The van der Waals surface area contributed by atoms with Crippen molar-refractivity contribution in [2.45, 2.75) is 4.90 Å². The van der Waals surface area contributed by atoms with Crippen LogP contribution in [0.25, 0.3) is 0 Å². The minimum absolute atomic E-state index is 0.251. The van der Waals surface area contributed by atoms with E-state index in [1.165, 1.54) is 31.6 Å². The SMILES string of the molecule is CN(c1ccccn1)S(=O)(=O)c1ccc[nH]c1=O. The maximum absolute atomic E-state index is 12.2. The molecule has 94 valence electrons. The first kappa shape index (κ1) is 12.3. The van der Waals surface area contributed by atoms with Crippen LogP contribution >= 0.6 is 0 Å². The molecule has 0 spiro atoms. The number of hydrogen-bond donors (Lipinski definition) is 1. The number of aromatic nitrogens is 2. The molecule has 0 saturated carbocycles. The first-order valence-electron chi connectivity index (χ1n) is 5.11. The van der Waals surface area contributed by atoms with Crippen molar-refractivity contribution in [3.8, 4) is 0 Å². The average Bonchev–Trinajstić information content (AvgIpc) is 2.39. The van der Waals surface area contributed by atoms with E-state index in [1.54, 1.807) is 18.2 Å². The molecule has 0 radical (unpaired) electrons. The van der Waals surface area contributed by atoms with E-state index in [4.69, 9.17) is 0 Å². The lowest BCUT2D eigenvalue weighted by atomic mass is 10.5. The number of pyridine rings is 2. The van der Waals surface area contributed by atoms with E-state index in [1.807, 2.05) is 0 Å². The van der Waals surface area contributed by atoms with E-state index in [0.717, 1.165) is 4.31 Å². The summed E-state index contributed by atoms with van der Waals surface area (Å²) < 4.78 is 25.4. The van der Waals surface area contributed by atoms with Crippen LogP contribution in [-0.4, -0.2) is 25.4 Å². The van der Waals surface area contributed by atoms with E-state index in [0.29, 0.717) is 0 Å². The molecule has 0 aliphatic rings. The molecule has 0 fully saturated rings. The Balaban J connectivity index is 2.51. The number of anilines is 1.